The molecule has 3 aromatic rings. The number of rotatable bonds is 6. The van der Waals surface area contributed by atoms with Gasteiger partial charge in [0.2, 0.25) is 0 Å². The first kappa shape index (κ1) is 19.1. The molecule has 27 heavy (non-hydrogen) atoms. The Morgan fingerprint density at radius 3 is 2.74 bits per heavy atom. The average molecular weight is 385 g/mol. The lowest BCUT2D eigenvalue weighted by Gasteiger charge is -2.12. The molecule has 7 heteroatoms. The first-order valence-corrected chi connectivity index (χ1v) is 9.82. The Morgan fingerprint density at radius 1 is 1.26 bits per heavy atom. The maximum atomic E-state index is 12.2. The summed E-state index contributed by atoms with van der Waals surface area (Å²) >= 11 is 1.46. The Labute approximate surface area is 162 Å². The summed E-state index contributed by atoms with van der Waals surface area (Å²) in [6.45, 7) is 9.08. The predicted molar refractivity (Wildman–Crippen MR) is 110 cm³/mol. The molecule has 0 radical (unpaired) electrons. The van der Waals surface area contributed by atoms with E-state index in [2.05, 4.69) is 29.5 Å². The Morgan fingerprint density at radius 2 is 2.04 bits per heavy atom. The van der Waals surface area contributed by atoms with Gasteiger partial charge in [0.25, 0.3) is 11.5 Å². The maximum absolute atomic E-state index is 12.2. The average Bonchev–Trinajstić information content (AvgIpc) is 3.00. The fourth-order valence-corrected chi connectivity index (χ4v) is 3.67. The third kappa shape index (κ3) is 4.36. The summed E-state index contributed by atoms with van der Waals surface area (Å²) in [7, 11) is 0. The SMILES string of the molecule is Cc1cc(C(=O)NCC(C)C)ccc1NCc1cc(=O)n2c(C)csc2n1. The maximum Gasteiger partial charge on any atom is 0.259 e. The summed E-state index contributed by atoms with van der Waals surface area (Å²) in [4.78, 5) is 29.7. The molecule has 0 unspecified atom stereocenters. The molecular formula is C20H24N4O2S. The zero-order valence-corrected chi connectivity index (χ0v) is 16.8. The smallest absolute Gasteiger partial charge is 0.259 e. The first-order chi connectivity index (χ1) is 12.8. The van der Waals surface area contributed by atoms with Gasteiger partial charge in [-0.25, -0.2) is 4.98 Å². The Bertz CT molecular complexity index is 1040. The molecule has 0 aliphatic heterocycles. The van der Waals surface area contributed by atoms with Crippen LogP contribution >= 0.6 is 11.3 Å². The van der Waals surface area contributed by atoms with Crippen molar-refractivity contribution in [2.45, 2.75) is 34.2 Å². The highest BCUT2D eigenvalue weighted by Crippen LogP contribution is 2.18. The van der Waals surface area contributed by atoms with E-state index in [1.54, 1.807) is 16.5 Å². The van der Waals surface area contributed by atoms with Gasteiger partial charge in [-0.05, 0) is 43.5 Å². The number of hydrogen-bond donors (Lipinski definition) is 2. The standard InChI is InChI=1S/C20H24N4O2S/c1-12(2)9-22-19(26)15-5-6-17(13(3)7-15)21-10-16-8-18(25)24-14(4)11-27-20(24)23-16/h5-8,11-12,21H,9-10H2,1-4H3,(H,22,26). The number of aromatic nitrogens is 2. The first-order valence-electron chi connectivity index (χ1n) is 8.94. The second-order valence-electron chi connectivity index (χ2n) is 7.07. The summed E-state index contributed by atoms with van der Waals surface area (Å²) in [5, 5.41) is 8.15. The Kier molecular flexibility index (Phi) is 5.60. The van der Waals surface area contributed by atoms with Gasteiger partial charge in [-0.15, -0.1) is 11.3 Å². The molecule has 6 nitrogen and oxygen atoms in total. The molecule has 1 aromatic carbocycles. The van der Waals surface area contributed by atoms with E-state index in [0.717, 1.165) is 16.9 Å². The van der Waals surface area contributed by atoms with Gasteiger partial charge in [-0.1, -0.05) is 13.8 Å². The minimum Gasteiger partial charge on any atom is -0.379 e. The van der Waals surface area contributed by atoms with Gasteiger partial charge in [0, 0.05) is 34.9 Å². The molecule has 2 N–H and O–H groups in total. The van der Waals surface area contributed by atoms with Crippen molar-refractivity contribution in [1.82, 2.24) is 14.7 Å². The third-order valence-corrected chi connectivity index (χ3v) is 5.19. The van der Waals surface area contributed by atoms with Crippen molar-refractivity contribution in [2.75, 3.05) is 11.9 Å². The van der Waals surface area contributed by atoms with Crippen LogP contribution in [0.15, 0.2) is 34.4 Å². The number of carbonyl (C=O) groups excluding carboxylic acids is 1. The van der Waals surface area contributed by atoms with Gasteiger partial charge < -0.3 is 10.6 Å². The lowest BCUT2D eigenvalue weighted by atomic mass is 10.1. The summed E-state index contributed by atoms with van der Waals surface area (Å²) < 4.78 is 1.62. The quantitative estimate of drug-likeness (QED) is 0.683. The van der Waals surface area contributed by atoms with E-state index in [1.807, 2.05) is 31.4 Å². The highest BCUT2D eigenvalue weighted by molar-refractivity contribution is 7.15. The molecule has 0 aliphatic carbocycles. The molecule has 2 aromatic heterocycles. The zero-order chi connectivity index (χ0) is 19.6. The van der Waals surface area contributed by atoms with Gasteiger partial charge in [0.1, 0.15) is 0 Å². The summed E-state index contributed by atoms with van der Waals surface area (Å²) in [6, 6.07) is 7.12. The van der Waals surface area contributed by atoms with Crippen LogP contribution < -0.4 is 16.2 Å². The van der Waals surface area contributed by atoms with Gasteiger partial charge in [-0.2, -0.15) is 0 Å². The van der Waals surface area contributed by atoms with E-state index in [-0.39, 0.29) is 11.5 Å². The highest BCUT2D eigenvalue weighted by Gasteiger charge is 2.10. The number of amides is 1. The molecule has 2 heterocycles. The largest absolute Gasteiger partial charge is 0.379 e. The molecule has 0 aliphatic rings. The third-order valence-electron chi connectivity index (χ3n) is 4.25. The molecule has 0 bridgehead atoms. The molecule has 3 rings (SSSR count). The van der Waals surface area contributed by atoms with Crippen molar-refractivity contribution >= 4 is 27.9 Å². The van der Waals surface area contributed by atoms with Crippen molar-refractivity contribution in [2.24, 2.45) is 5.92 Å². The van der Waals surface area contributed by atoms with Crippen LogP contribution in [0.25, 0.3) is 4.96 Å². The van der Waals surface area contributed by atoms with Gasteiger partial charge in [0.05, 0.1) is 12.2 Å². The second kappa shape index (κ2) is 7.92. The fraction of sp³-hybridized carbons (Fsp3) is 0.350. The van der Waals surface area contributed by atoms with Crippen LogP contribution in [-0.4, -0.2) is 21.8 Å². The molecule has 0 atom stereocenters. The lowest BCUT2D eigenvalue weighted by Crippen LogP contribution is -2.27. The Balaban J connectivity index is 1.71. The van der Waals surface area contributed by atoms with E-state index >= 15 is 0 Å². The van der Waals surface area contributed by atoms with Crippen molar-refractivity contribution in [3.8, 4) is 0 Å². The van der Waals surface area contributed by atoms with Crippen molar-refractivity contribution in [3.05, 3.63) is 62.5 Å². The number of carbonyl (C=O) groups is 1. The lowest BCUT2D eigenvalue weighted by molar-refractivity contribution is 0.0949. The number of hydrogen-bond acceptors (Lipinski definition) is 5. The Hall–Kier alpha value is -2.67. The number of nitrogens with zero attached hydrogens (tertiary/aromatic N) is 2. The molecule has 0 spiro atoms. The van der Waals surface area contributed by atoms with Gasteiger partial charge >= 0.3 is 0 Å². The number of nitrogens with one attached hydrogen (secondary N) is 2. The van der Waals surface area contributed by atoms with Crippen LogP contribution in [0, 0.1) is 19.8 Å². The number of thiazole rings is 1. The molecule has 0 fully saturated rings. The van der Waals surface area contributed by atoms with Crippen LogP contribution in [0.4, 0.5) is 5.69 Å². The van der Waals surface area contributed by atoms with Crippen LogP contribution in [0.2, 0.25) is 0 Å². The summed E-state index contributed by atoms with van der Waals surface area (Å²) in [6.07, 6.45) is 0. The number of benzene rings is 1. The van der Waals surface area contributed by atoms with Gasteiger partial charge in [0.15, 0.2) is 4.96 Å². The van der Waals surface area contributed by atoms with Crippen LogP contribution in [0.1, 0.15) is 41.2 Å². The fourth-order valence-electron chi connectivity index (χ4n) is 2.78. The van der Waals surface area contributed by atoms with Crippen molar-refractivity contribution in [1.29, 1.82) is 0 Å². The molecule has 0 saturated heterocycles. The van der Waals surface area contributed by atoms with E-state index in [4.69, 9.17) is 0 Å². The molecule has 0 saturated carbocycles. The van der Waals surface area contributed by atoms with Crippen molar-refractivity contribution < 1.29 is 4.79 Å². The number of aryl methyl sites for hydroxylation is 2. The van der Waals surface area contributed by atoms with E-state index in [1.165, 1.54) is 11.3 Å². The summed E-state index contributed by atoms with van der Waals surface area (Å²) in [5.41, 5.74) is 4.06. The van der Waals surface area contributed by atoms with Gasteiger partial charge in [-0.3, -0.25) is 14.0 Å². The zero-order valence-electron chi connectivity index (χ0n) is 16.0. The van der Waals surface area contributed by atoms with Crippen molar-refractivity contribution in [3.63, 3.8) is 0 Å². The molecular weight excluding hydrogens is 360 g/mol. The molecule has 142 valence electrons. The topological polar surface area (TPSA) is 75.5 Å². The summed E-state index contributed by atoms with van der Waals surface area (Å²) in [5.74, 6) is 0.351. The predicted octanol–water partition coefficient (Wildman–Crippen LogP) is 3.37. The highest BCUT2D eigenvalue weighted by atomic mass is 32.1. The number of fused-ring (bicyclic) bond motifs is 1. The minimum atomic E-state index is -0.0653. The monoisotopic (exact) mass is 384 g/mol. The number of anilines is 1. The second-order valence-corrected chi connectivity index (χ2v) is 7.90. The van der Waals surface area contributed by atoms with E-state index < -0.39 is 0 Å². The van der Waals surface area contributed by atoms with Crippen LogP contribution in [0.3, 0.4) is 0 Å². The van der Waals surface area contributed by atoms with E-state index in [9.17, 15) is 9.59 Å². The van der Waals surface area contributed by atoms with Crippen LogP contribution in [-0.2, 0) is 6.54 Å². The molecule has 1 amide bonds. The normalized spacial score (nSPS) is 11.1. The minimum absolute atomic E-state index is 0.0634. The van der Waals surface area contributed by atoms with E-state index in [0.29, 0.717) is 35.2 Å². The van der Waals surface area contributed by atoms with Crippen LogP contribution in [0.5, 0.6) is 0 Å².